The first-order valence-corrected chi connectivity index (χ1v) is 5.80. The summed E-state index contributed by atoms with van der Waals surface area (Å²) in [4.78, 5) is 4.32. The molecule has 0 bridgehead atoms. The van der Waals surface area contributed by atoms with Crippen molar-refractivity contribution in [3.8, 4) is 0 Å². The van der Waals surface area contributed by atoms with Crippen LogP contribution in [0.25, 0.3) is 0 Å². The van der Waals surface area contributed by atoms with Gasteiger partial charge in [0.1, 0.15) is 11.6 Å². The molecule has 0 saturated heterocycles. The van der Waals surface area contributed by atoms with Gasteiger partial charge < -0.3 is 10.4 Å². The van der Waals surface area contributed by atoms with Gasteiger partial charge in [-0.15, -0.1) is 0 Å². The van der Waals surface area contributed by atoms with Crippen molar-refractivity contribution in [3.63, 3.8) is 0 Å². The van der Waals surface area contributed by atoms with Crippen LogP contribution < -0.4 is 5.32 Å². The molecule has 1 aliphatic rings. The first kappa shape index (κ1) is 11.5. The predicted octanol–water partition coefficient (Wildman–Crippen LogP) is 0.570. The molecule has 1 fully saturated rings. The van der Waals surface area contributed by atoms with Crippen LogP contribution in [0.3, 0.4) is 0 Å². The number of aliphatic hydroxyl groups excluding tert-OH is 1. The second-order valence-electron chi connectivity index (χ2n) is 4.74. The summed E-state index contributed by atoms with van der Waals surface area (Å²) < 4.78 is 2.00. The predicted molar refractivity (Wildman–Crippen MR) is 61.3 cm³/mol. The largest absolute Gasteiger partial charge is 0.394 e. The van der Waals surface area contributed by atoms with E-state index in [4.69, 9.17) is 0 Å². The van der Waals surface area contributed by atoms with Crippen LogP contribution in [0.5, 0.6) is 0 Å². The standard InChI is InChI=1S/C11H20N4O/c1-8-13-9(2)15(14-8)10-4-5-11(6-10,7-16)12-3/h10,12,16H,4-7H2,1-3H3. The van der Waals surface area contributed by atoms with Gasteiger partial charge in [0.2, 0.25) is 0 Å². The van der Waals surface area contributed by atoms with Gasteiger partial charge in [0.15, 0.2) is 0 Å². The molecule has 90 valence electrons. The van der Waals surface area contributed by atoms with Gasteiger partial charge in [-0.3, -0.25) is 0 Å². The summed E-state index contributed by atoms with van der Waals surface area (Å²) in [5.74, 6) is 1.79. The number of rotatable bonds is 3. The molecular weight excluding hydrogens is 204 g/mol. The monoisotopic (exact) mass is 224 g/mol. The molecule has 0 aliphatic heterocycles. The van der Waals surface area contributed by atoms with Crippen molar-refractivity contribution in [2.75, 3.05) is 13.7 Å². The zero-order valence-corrected chi connectivity index (χ0v) is 10.2. The molecule has 2 N–H and O–H groups in total. The summed E-state index contributed by atoms with van der Waals surface area (Å²) in [5, 5.41) is 17.1. The number of aliphatic hydroxyl groups is 1. The summed E-state index contributed by atoms with van der Waals surface area (Å²) in [7, 11) is 1.91. The lowest BCUT2D eigenvalue weighted by molar-refractivity contribution is 0.168. The highest BCUT2D eigenvalue weighted by molar-refractivity contribution is 5.00. The Bertz CT molecular complexity index is 370. The van der Waals surface area contributed by atoms with Gasteiger partial charge in [0, 0.05) is 5.54 Å². The molecule has 1 aliphatic carbocycles. The minimum Gasteiger partial charge on any atom is -0.394 e. The van der Waals surface area contributed by atoms with Crippen LogP contribution in [0.4, 0.5) is 0 Å². The molecule has 16 heavy (non-hydrogen) atoms. The normalized spacial score (nSPS) is 29.9. The van der Waals surface area contributed by atoms with Crippen molar-refractivity contribution in [1.82, 2.24) is 20.1 Å². The third-order valence-corrected chi connectivity index (χ3v) is 3.67. The lowest BCUT2D eigenvalue weighted by Gasteiger charge is -2.26. The van der Waals surface area contributed by atoms with Crippen molar-refractivity contribution in [1.29, 1.82) is 0 Å². The summed E-state index contributed by atoms with van der Waals surface area (Å²) in [5.41, 5.74) is -0.128. The first-order chi connectivity index (χ1) is 7.60. The fraction of sp³-hybridized carbons (Fsp3) is 0.818. The van der Waals surface area contributed by atoms with Crippen LogP contribution in [-0.4, -0.2) is 39.1 Å². The van der Waals surface area contributed by atoms with Gasteiger partial charge in [-0.25, -0.2) is 9.67 Å². The Morgan fingerprint density at radius 3 is 2.75 bits per heavy atom. The Labute approximate surface area is 95.9 Å². The molecule has 0 spiro atoms. The molecule has 5 nitrogen and oxygen atoms in total. The van der Waals surface area contributed by atoms with E-state index in [-0.39, 0.29) is 12.1 Å². The Balaban J connectivity index is 2.17. The molecule has 2 unspecified atom stereocenters. The third-order valence-electron chi connectivity index (χ3n) is 3.67. The number of aryl methyl sites for hydroxylation is 2. The van der Waals surface area contributed by atoms with Crippen LogP contribution in [0, 0.1) is 13.8 Å². The van der Waals surface area contributed by atoms with Crippen LogP contribution in [0.2, 0.25) is 0 Å². The minimum atomic E-state index is -0.128. The Kier molecular flexibility index (Phi) is 2.99. The Morgan fingerprint density at radius 2 is 2.31 bits per heavy atom. The smallest absolute Gasteiger partial charge is 0.147 e. The van der Waals surface area contributed by atoms with Gasteiger partial charge in [0.05, 0.1) is 12.6 Å². The van der Waals surface area contributed by atoms with Crippen molar-refractivity contribution in [3.05, 3.63) is 11.6 Å². The number of hydrogen-bond acceptors (Lipinski definition) is 4. The molecule has 1 aromatic heterocycles. The molecule has 0 amide bonds. The number of hydrogen-bond donors (Lipinski definition) is 2. The number of likely N-dealkylation sites (N-methyl/N-ethyl adjacent to an activating group) is 1. The van der Waals surface area contributed by atoms with Crippen LogP contribution in [0.1, 0.15) is 37.0 Å². The van der Waals surface area contributed by atoms with Crippen LogP contribution in [-0.2, 0) is 0 Å². The SMILES string of the molecule is CNC1(CO)CCC(n2nc(C)nc2C)C1. The van der Waals surface area contributed by atoms with E-state index in [1.807, 2.05) is 25.6 Å². The number of nitrogens with zero attached hydrogens (tertiary/aromatic N) is 3. The van der Waals surface area contributed by atoms with Gasteiger partial charge in [-0.2, -0.15) is 5.10 Å². The van der Waals surface area contributed by atoms with Crippen molar-refractivity contribution >= 4 is 0 Å². The Hall–Kier alpha value is -0.940. The first-order valence-electron chi connectivity index (χ1n) is 5.80. The van der Waals surface area contributed by atoms with Gasteiger partial charge >= 0.3 is 0 Å². The zero-order valence-electron chi connectivity index (χ0n) is 10.2. The van der Waals surface area contributed by atoms with Gasteiger partial charge in [0.25, 0.3) is 0 Å². The van der Waals surface area contributed by atoms with Crippen molar-refractivity contribution in [2.45, 2.75) is 44.7 Å². The fourth-order valence-electron chi connectivity index (χ4n) is 2.64. The summed E-state index contributed by atoms with van der Waals surface area (Å²) in [6.45, 7) is 4.08. The van der Waals surface area contributed by atoms with E-state index >= 15 is 0 Å². The molecule has 5 heteroatoms. The molecule has 1 aromatic rings. The van der Waals surface area contributed by atoms with E-state index in [1.165, 1.54) is 0 Å². The quantitative estimate of drug-likeness (QED) is 0.788. The van der Waals surface area contributed by atoms with E-state index in [9.17, 15) is 5.11 Å². The maximum atomic E-state index is 9.45. The lowest BCUT2D eigenvalue weighted by Crippen LogP contribution is -2.44. The summed E-state index contributed by atoms with van der Waals surface area (Å²) in [6, 6.07) is 0.362. The highest BCUT2D eigenvalue weighted by atomic mass is 16.3. The second kappa shape index (κ2) is 4.14. The van der Waals surface area contributed by atoms with Crippen molar-refractivity contribution in [2.24, 2.45) is 0 Å². The minimum absolute atomic E-state index is 0.128. The van der Waals surface area contributed by atoms with Crippen molar-refractivity contribution < 1.29 is 5.11 Å². The fourth-order valence-corrected chi connectivity index (χ4v) is 2.64. The van der Waals surface area contributed by atoms with E-state index < -0.39 is 0 Å². The highest BCUT2D eigenvalue weighted by Gasteiger charge is 2.39. The van der Waals surface area contributed by atoms with E-state index in [0.29, 0.717) is 6.04 Å². The average Bonchev–Trinajstić information content (AvgIpc) is 2.83. The van der Waals surface area contributed by atoms with Crippen LogP contribution >= 0.6 is 0 Å². The van der Waals surface area contributed by atoms with E-state index in [2.05, 4.69) is 15.4 Å². The zero-order chi connectivity index (χ0) is 11.8. The molecule has 1 heterocycles. The van der Waals surface area contributed by atoms with E-state index in [1.54, 1.807) is 0 Å². The van der Waals surface area contributed by atoms with Crippen LogP contribution in [0.15, 0.2) is 0 Å². The second-order valence-corrected chi connectivity index (χ2v) is 4.74. The molecular formula is C11H20N4O. The average molecular weight is 224 g/mol. The topological polar surface area (TPSA) is 63.0 Å². The van der Waals surface area contributed by atoms with Gasteiger partial charge in [-0.05, 0) is 40.2 Å². The molecule has 2 rings (SSSR count). The molecule has 0 radical (unpaired) electrons. The highest BCUT2D eigenvalue weighted by Crippen LogP contribution is 2.37. The number of aromatic nitrogens is 3. The molecule has 2 atom stereocenters. The maximum absolute atomic E-state index is 9.45. The Morgan fingerprint density at radius 1 is 1.56 bits per heavy atom. The third kappa shape index (κ3) is 1.85. The van der Waals surface area contributed by atoms with E-state index in [0.717, 1.165) is 30.9 Å². The molecule has 0 aromatic carbocycles. The number of nitrogens with one attached hydrogen (secondary N) is 1. The van der Waals surface area contributed by atoms with Gasteiger partial charge in [-0.1, -0.05) is 0 Å². The maximum Gasteiger partial charge on any atom is 0.147 e. The summed E-state index contributed by atoms with van der Waals surface area (Å²) in [6.07, 6.45) is 2.96. The summed E-state index contributed by atoms with van der Waals surface area (Å²) >= 11 is 0. The lowest BCUT2D eigenvalue weighted by atomic mass is 9.99. The molecule has 1 saturated carbocycles.